The van der Waals surface area contributed by atoms with Gasteiger partial charge in [0, 0.05) is 17.6 Å². The highest BCUT2D eigenvalue weighted by molar-refractivity contribution is 7.10. The van der Waals surface area contributed by atoms with E-state index in [0.717, 1.165) is 44.2 Å². The lowest BCUT2D eigenvalue weighted by Crippen LogP contribution is -2.53. The van der Waals surface area contributed by atoms with E-state index in [1.807, 2.05) is 6.20 Å². The smallest absolute Gasteiger partial charge is 0.258 e. The van der Waals surface area contributed by atoms with Crippen LogP contribution in [-0.2, 0) is 18.4 Å². The highest BCUT2D eigenvalue weighted by Crippen LogP contribution is 2.58. The quantitative estimate of drug-likeness (QED) is 0.912. The standard InChI is InChI=1S/C19H21N3OS/c20-17-16(14-4-1-3-12(14)11-21-17)18(23)22-9-7-13-6-8-19(13,22)15-5-2-10-24-15/h2,5,10-11,13H,1,3-4,6-9H2,(H2,20,21). The molecule has 2 aliphatic carbocycles. The Bertz CT molecular complexity index is 816. The predicted molar refractivity (Wildman–Crippen MR) is 95.0 cm³/mol. The third kappa shape index (κ3) is 1.73. The number of nitrogen functional groups attached to an aromatic ring is 1. The number of aryl methyl sites for hydroxylation is 1. The topological polar surface area (TPSA) is 59.2 Å². The maximum absolute atomic E-state index is 13.5. The molecule has 1 amide bonds. The summed E-state index contributed by atoms with van der Waals surface area (Å²) < 4.78 is 0. The van der Waals surface area contributed by atoms with E-state index in [4.69, 9.17) is 5.73 Å². The lowest BCUT2D eigenvalue weighted by molar-refractivity contribution is 0.0166. The summed E-state index contributed by atoms with van der Waals surface area (Å²) in [7, 11) is 0. The summed E-state index contributed by atoms with van der Waals surface area (Å²) >= 11 is 1.78. The minimum absolute atomic E-state index is 0.0843. The number of nitrogens with zero attached hydrogens (tertiary/aromatic N) is 2. The molecule has 1 aliphatic heterocycles. The molecular weight excluding hydrogens is 318 g/mol. The molecule has 2 atom stereocenters. The zero-order chi connectivity index (χ0) is 16.3. The average Bonchev–Trinajstić information content (AvgIpc) is 3.27. The summed E-state index contributed by atoms with van der Waals surface area (Å²) in [5.74, 6) is 1.12. The fourth-order valence-electron chi connectivity index (χ4n) is 5.05. The summed E-state index contributed by atoms with van der Waals surface area (Å²) in [6.45, 7) is 0.838. The lowest BCUT2D eigenvalue weighted by atomic mass is 9.66. The van der Waals surface area contributed by atoms with E-state index in [1.165, 1.54) is 16.9 Å². The Kier molecular flexibility index (Phi) is 3.05. The third-order valence-electron chi connectivity index (χ3n) is 6.32. The molecule has 0 bridgehead atoms. The normalized spacial score (nSPS) is 27.7. The second kappa shape index (κ2) is 5.06. The first kappa shape index (κ1) is 14.5. The Morgan fingerprint density at radius 3 is 3.04 bits per heavy atom. The van der Waals surface area contributed by atoms with Gasteiger partial charge in [-0.3, -0.25) is 4.79 Å². The van der Waals surface area contributed by atoms with E-state index in [1.54, 1.807) is 11.3 Å². The highest BCUT2D eigenvalue weighted by Gasteiger charge is 2.58. The van der Waals surface area contributed by atoms with Crippen LogP contribution in [0.3, 0.4) is 0 Å². The molecular formula is C19H21N3OS. The van der Waals surface area contributed by atoms with E-state index >= 15 is 0 Å². The molecule has 0 radical (unpaired) electrons. The number of carbonyl (C=O) groups is 1. The zero-order valence-electron chi connectivity index (χ0n) is 13.6. The molecule has 124 valence electrons. The van der Waals surface area contributed by atoms with Crippen LogP contribution in [-0.4, -0.2) is 22.3 Å². The molecule has 2 aromatic rings. The third-order valence-corrected chi connectivity index (χ3v) is 7.35. The Hall–Kier alpha value is -1.88. The number of pyridine rings is 1. The van der Waals surface area contributed by atoms with Crippen LogP contribution in [0.2, 0.25) is 0 Å². The predicted octanol–water partition coefficient (Wildman–Crippen LogP) is 3.37. The van der Waals surface area contributed by atoms with Crippen LogP contribution in [0.4, 0.5) is 5.82 Å². The van der Waals surface area contributed by atoms with Crippen LogP contribution in [0.15, 0.2) is 23.7 Å². The summed E-state index contributed by atoms with van der Waals surface area (Å²) in [6.07, 6.45) is 8.33. The second-order valence-corrected chi connectivity index (χ2v) is 8.21. The van der Waals surface area contributed by atoms with E-state index in [9.17, 15) is 4.79 Å². The van der Waals surface area contributed by atoms with Crippen molar-refractivity contribution in [3.63, 3.8) is 0 Å². The van der Waals surface area contributed by atoms with Crippen LogP contribution < -0.4 is 5.73 Å². The van der Waals surface area contributed by atoms with Crippen LogP contribution >= 0.6 is 11.3 Å². The molecule has 1 saturated heterocycles. The molecule has 2 unspecified atom stereocenters. The van der Waals surface area contributed by atoms with Gasteiger partial charge in [-0.25, -0.2) is 4.98 Å². The van der Waals surface area contributed by atoms with Gasteiger partial charge in [0.2, 0.25) is 0 Å². The van der Waals surface area contributed by atoms with Gasteiger partial charge in [-0.1, -0.05) is 6.07 Å². The van der Waals surface area contributed by atoms with Gasteiger partial charge >= 0.3 is 0 Å². The van der Waals surface area contributed by atoms with Crippen molar-refractivity contribution >= 4 is 23.1 Å². The van der Waals surface area contributed by atoms with Gasteiger partial charge < -0.3 is 10.6 Å². The Balaban J connectivity index is 1.60. The van der Waals surface area contributed by atoms with Gasteiger partial charge in [0.25, 0.3) is 5.91 Å². The highest BCUT2D eigenvalue weighted by atomic mass is 32.1. The van der Waals surface area contributed by atoms with Crippen molar-refractivity contribution in [3.05, 3.63) is 45.3 Å². The molecule has 4 nitrogen and oxygen atoms in total. The summed E-state index contributed by atoms with van der Waals surface area (Å²) in [4.78, 5) is 21.3. The number of likely N-dealkylation sites (tertiary alicyclic amines) is 1. The Morgan fingerprint density at radius 1 is 1.38 bits per heavy atom. The number of carbonyl (C=O) groups excluding carboxylic acids is 1. The number of hydrogen-bond acceptors (Lipinski definition) is 4. The average molecular weight is 339 g/mol. The molecule has 2 aromatic heterocycles. The molecule has 3 heterocycles. The fraction of sp³-hybridized carbons (Fsp3) is 0.474. The van der Waals surface area contributed by atoms with Crippen molar-refractivity contribution in [2.45, 2.75) is 44.1 Å². The number of anilines is 1. The number of fused-ring (bicyclic) bond motifs is 2. The zero-order valence-corrected chi connectivity index (χ0v) is 14.4. The van der Waals surface area contributed by atoms with Crippen LogP contribution in [0, 0.1) is 5.92 Å². The van der Waals surface area contributed by atoms with Gasteiger partial charge in [0.15, 0.2) is 0 Å². The fourth-order valence-corrected chi connectivity index (χ4v) is 6.09. The van der Waals surface area contributed by atoms with E-state index in [2.05, 4.69) is 27.4 Å². The van der Waals surface area contributed by atoms with E-state index < -0.39 is 0 Å². The summed E-state index contributed by atoms with van der Waals surface area (Å²) in [6, 6.07) is 4.29. The van der Waals surface area contributed by atoms with Crippen molar-refractivity contribution < 1.29 is 4.79 Å². The molecule has 5 rings (SSSR count). The molecule has 24 heavy (non-hydrogen) atoms. The SMILES string of the molecule is Nc1ncc2c(c1C(=O)N1CCC3CCC31c1cccs1)CCC2. The minimum Gasteiger partial charge on any atom is -0.383 e. The first-order valence-electron chi connectivity index (χ1n) is 8.84. The minimum atomic E-state index is -0.0843. The van der Waals surface area contributed by atoms with Gasteiger partial charge in [0.1, 0.15) is 5.82 Å². The number of hydrogen-bond donors (Lipinski definition) is 1. The number of rotatable bonds is 2. The van der Waals surface area contributed by atoms with Gasteiger partial charge in [-0.05, 0) is 67.0 Å². The maximum atomic E-state index is 13.5. The number of thiophene rings is 1. The van der Waals surface area contributed by atoms with E-state index in [0.29, 0.717) is 17.3 Å². The van der Waals surface area contributed by atoms with Crippen LogP contribution in [0.1, 0.15) is 52.0 Å². The number of aromatic nitrogens is 1. The molecule has 2 fully saturated rings. The Labute approximate surface area is 145 Å². The van der Waals surface area contributed by atoms with E-state index in [-0.39, 0.29) is 11.4 Å². The number of amides is 1. The molecule has 1 saturated carbocycles. The van der Waals surface area contributed by atoms with Crippen LogP contribution in [0.5, 0.6) is 0 Å². The second-order valence-electron chi connectivity index (χ2n) is 7.26. The van der Waals surface area contributed by atoms with Crippen LogP contribution in [0.25, 0.3) is 0 Å². The molecule has 0 aromatic carbocycles. The molecule has 3 aliphatic rings. The monoisotopic (exact) mass is 339 g/mol. The number of nitrogens with two attached hydrogens (primary N) is 1. The summed E-state index contributed by atoms with van der Waals surface area (Å²) in [5.41, 5.74) is 9.13. The lowest BCUT2D eigenvalue weighted by Gasteiger charge is -2.49. The van der Waals surface area contributed by atoms with Crippen molar-refractivity contribution in [2.75, 3.05) is 12.3 Å². The largest absolute Gasteiger partial charge is 0.383 e. The Morgan fingerprint density at radius 2 is 2.29 bits per heavy atom. The van der Waals surface area contributed by atoms with Crippen molar-refractivity contribution in [3.8, 4) is 0 Å². The van der Waals surface area contributed by atoms with Gasteiger partial charge in [-0.2, -0.15) is 0 Å². The van der Waals surface area contributed by atoms with Crippen molar-refractivity contribution in [2.24, 2.45) is 5.92 Å². The summed E-state index contributed by atoms with van der Waals surface area (Å²) in [5, 5.41) is 2.12. The molecule has 5 heteroatoms. The molecule has 0 spiro atoms. The van der Waals surface area contributed by atoms with Crippen molar-refractivity contribution in [1.82, 2.24) is 9.88 Å². The molecule has 2 N–H and O–H groups in total. The van der Waals surface area contributed by atoms with Crippen molar-refractivity contribution in [1.29, 1.82) is 0 Å². The maximum Gasteiger partial charge on any atom is 0.258 e. The van der Waals surface area contributed by atoms with Gasteiger partial charge in [0.05, 0.1) is 11.1 Å². The van der Waals surface area contributed by atoms with Gasteiger partial charge in [-0.15, -0.1) is 11.3 Å². The first-order chi connectivity index (χ1) is 11.7. The first-order valence-corrected chi connectivity index (χ1v) is 9.72.